The highest BCUT2D eigenvalue weighted by Crippen LogP contribution is 2.13. The summed E-state index contributed by atoms with van der Waals surface area (Å²) in [6.07, 6.45) is 3.05. The summed E-state index contributed by atoms with van der Waals surface area (Å²) in [6.45, 7) is 2.61. The Morgan fingerprint density at radius 2 is 2.44 bits per heavy atom. The van der Waals surface area contributed by atoms with Crippen LogP contribution >= 0.6 is 11.3 Å². The fourth-order valence-electron chi connectivity index (χ4n) is 1.52. The van der Waals surface area contributed by atoms with Crippen molar-refractivity contribution in [2.45, 2.75) is 32.4 Å². The van der Waals surface area contributed by atoms with Gasteiger partial charge in [-0.1, -0.05) is 6.92 Å². The first-order chi connectivity index (χ1) is 7.69. The Morgan fingerprint density at radius 1 is 1.62 bits per heavy atom. The van der Waals surface area contributed by atoms with Crippen LogP contribution in [0.25, 0.3) is 0 Å². The van der Waals surface area contributed by atoms with Crippen molar-refractivity contribution in [1.82, 2.24) is 15.6 Å². The predicted molar refractivity (Wildman–Crippen MR) is 59.9 cm³/mol. The molecule has 1 atom stereocenters. The van der Waals surface area contributed by atoms with Crippen molar-refractivity contribution in [3.05, 3.63) is 16.1 Å². The van der Waals surface area contributed by atoms with E-state index >= 15 is 0 Å². The topological polar surface area (TPSA) is 71.1 Å². The highest BCUT2D eigenvalue weighted by molar-refractivity contribution is 7.11. The molecule has 0 saturated carbocycles. The molecule has 6 heteroatoms. The Morgan fingerprint density at radius 3 is 3.00 bits per heavy atom. The van der Waals surface area contributed by atoms with Crippen LogP contribution in [0.5, 0.6) is 0 Å². The van der Waals surface area contributed by atoms with Crippen LogP contribution in [-0.4, -0.2) is 22.8 Å². The van der Waals surface area contributed by atoms with Gasteiger partial charge in [0.15, 0.2) is 0 Å². The summed E-state index contributed by atoms with van der Waals surface area (Å²) in [5.41, 5.74) is 0. The summed E-state index contributed by atoms with van der Waals surface area (Å²) >= 11 is 1.63. The fourth-order valence-corrected chi connectivity index (χ4v) is 2.34. The van der Waals surface area contributed by atoms with E-state index in [9.17, 15) is 9.59 Å². The number of nitrogens with zero attached hydrogens (tertiary/aromatic N) is 1. The maximum Gasteiger partial charge on any atom is 0.244 e. The molecule has 0 radical (unpaired) electrons. The minimum atomic E-state index is -0.401. The van der Waals surface area contributed by atoms with Gasteiger partial charge >= 0.3 is 0 Å². The predicted octanol–water partition coefficient (Wildman–Crippen LogP) is 0.210. The lowest BCUT2D eigenvalue weighted by Gasteiger charge is -2.06. The van der Waals surface area contributed by atoms with Crippen LogP contribution in [0.4, 0.5) is 0 Å². The summed E-state index contributed by atoms with van der Waals surface area (Å²) < 4.78 is 0. The summed E-state index contributed by atoms with van der Waals surface area (Å²) in [7, 11) is 0. The van der Waals surface area contributed by atoms with E-state index in [0.29, 0.717) is 6.54 Å². The summed E-state index contributed by atoms with van der Waals surface area (Å²) in [5.74, 6) is -0.451. The lowest BCUT2D eigenvalue weighted by Crippen LogP contribution is -2.35. The zero-order valence-electron chi connectivity index (χ0n) is 8.95. The van der Waals surface area contributed by atoms with E-state index in [2.05, 4.69) is 22.5 Å². The Balaban J connectivity index is 1.87. The van der Waals surface area contributed by atoms with Gasteiger partial charge in [0.1, 0.15) is 5.01 Å². The molecule has 2 N–H and O–H groups in total. The van der Waals surface area contributed by atoms with Crippen LogP contribution in [0.15, 0.2) is 6.20 Å². The normalized spacial score (nSPS) is 20.2. The van der Waals surface area contributed by atoms with Gasteiger partial charge in [-0.3, -0.25) is 20.2 Å². The number of aryl methyl sites for hydroxylation is 1. The van der Waals surface area contributed by atoms with Gasteiger partial charge in [-0.2, -0.15) is 0 Å². The van der Waals surface area contributed by atoms with Crippen molar-refractivity contribution in [2.75, 3.05) is 0 Å². The molecule has 1 aliphatic rings. The summed E-state index contributed by atoms with van der Waals surface area (Å²) in [4.78, 5) is 27.7. The van der Waals surface area contributed by atoms with Crippen LogP contribution in [0.1, 0.15) is 23.2 Å². The van der Waals surface area contributed by atoms with Crippen LogP contribution in [0, 0.1) is 0 Å². The Labute approximate surface area is 97.3 Å². The maximum atomic E-state index is 11.3. The smallest absolute Gasteiger partial charge is 0.244 e. The molecule has 0 bridgehead atoms. The average Bonchev–Trinajstić information content (AvgIpc) is 2.82. The van der Waals surface area contributed by atoms with Crippen LogP contribution in [0.2, 0.25) is 0 Å². The quantitative estimate of drug-likeness (QED) is 0.737. The van der Waals surface area contributed by atoms with Crippen molar-refractivity contribution in [3.8, 4) is 0 Å². The Hall–Kier alpha value is -1.27. The van der Waals surface area contributed by atoms with Gasteiger partial charge in [0.25, 0.3) is 0 Å². The summed E-state index contributed by atoms with van der Waals surface area (Å²) in [5, 5.41) is 6.24. The number of carbonyl (C=O) groups is 2. The molecule has 1 aromatic heterocycles. The number of hydrogen-bond donors (Lipinski definition) is 2. The van der Waals surface area contributed by atoms with Crippen LogP contribution in [-0.2, 0) is 22.6 Å². The number of amides is 2. The van der Waals surface area contributed by atoms with E-state index in [1.165, 1.54) is 4.88 Å². The van der Waals surface area contributed by atoms with E-state index in [-0.39, 0.29) is 18.2 Å². The van der Waals surface area contributed by atoms with Gasteiger partial charge in [-0.05, 0) is 6.42 Å². The van der Waals surface area contributed by atoms with Crippen molar-refractivity contribution in [1.29, 1.82) is 0 Å². The highest BCUT2D eigenvalue weighted by Gasteiger charge is 2.29. The number of aromatic nitrogens is 1. The van der Waals surface area contributed by atoms with E-state index in [1.54, 1.807) is 11.3 Å². The number of hydrogen-bond acceptors (Lipinski definition) is 5. The van der Waals surface area contributed by atoms with Crippen LogP contribution < -0.4 is 10.6 Å². The Kier molecular flexibility index (Phi) is 3.31. The molecular formula is C10H13N3O2S. The van der Waals surface area contributed by atoms with Crippen LogP contribution in [0.3, 0.4) is 0 Å². The fraction of sp³-hybridized carbons (Fsp3) is 0.500. The molecule has 5 nitrogen and oxygen atoms in total. The first-order valence-electron chi connectivity index (χ1n) is 5.19. The lowest BCUT2D eigenvalue weighted by molar-refractivity contribution is -0.125. The Bertz CT molecular complexity index is 416. The van der Waals surface area contributed by atoms with E-state index in [1.807, 2.05) is 6.20 Å². The zero-order valence-corrected chi connectivity index (χ0v) is 9.76. The largest absolute Gasteiger partial charge is 0.299 e. The molecule has 1 aromatic rings. The third-order valence-corrected chi connectivity index (χ3v) is 3.56. The van der Waals surface area contributed by atoms with Crippen molar-refractivity contribution in [2.24, 2.45) is 0 Å². The third-order valence-electron chi connectivity index (χ3n) is 2.42. The zero-order chi connectivity index (χ0) is 11.5. The lowest BCUT2D eigenvalue weighted by atomic mass is 10.2. The summed E-state index contributed by atoms with van der Waals surface area (Å²) in [6, 6.07) is -0.401. The van der Waals surface area contributed by atoms with E-state index in [4.69, 9.17) is 0 Å². The van der Waals surface area contributed by atoms with E-state index in [0.717, 1.165) is 11.4 Å². The molecule has 0 spiro atoms. The first kappa shape index (κ1) is 11.2. The molecule has 0 aromatic carbocycles. The standard InChI is InChI=1S/C10H13N3O2S/c1-2-6-4-12-9(16-6)5-11-7-3-8(14)13-10(7)15/h4,7,11H,2-3,5H2,1H3,(H,13,14,15). The number of imide groups is 1. The van der Waals surface area contributed by atoms with Gasteiger partial charge in [0.05, 0.1) is 12.5 Å². The molecule has 2 heterocycles. The van der Waals surface area contributed by atoms with Crippen molar-refractivity contribution in [3.63, 3.8) is 0 Å². The molecule has 2 amide bonds. The van der Waals surface area contributed by atoms with Gasteiger partial charge in [-0.15, -0.1) is 11.3 Å². The highest BCUT2D eigenvalue weighted by atomic mass is 32.1. The van der Waals surface area contributed by atoms with Gasteiger partial charge in [0.2, 0.25) is 11.8 Å². The van der Waals surface area contributed by atoms with Gasteiger partial charge in [-0.25, -0.2) is 4.98 Å². The molecule has 2 rings (SSSR count). The molecule has 1 fully saturated rings. The number of thiazole rings is 1. The van der Waals surface area contributed by atoms with Crippen molar-refractivity contribution < 1.29 is 9.59 Å². The second kappa shape index (κ2) is 4.71. The molecule has 0 aliphatic carbocycles. The molecule has 1 saturated heterocycles. The molecule has 1 aliphatic heterocycles. The minimum absolute atomic E-state index is 0.212. The second-order valence-electron chi connectivity index (χ2n) is 3.62. The monoisotopic (exact) mass is 239 g/mol. The molecule has 1 unspecified atom stereocenters. The third kappa shape index (κ3) is 2.45. The minimum Gasteiger partial charge on any atom is -0.299 e. The number of rotatable bonds is 4. The number of nitrogens with one attached hydrogen (secondary N) is 2. The van der Waals surface area contributed by atoms with Crippen molar-refractivity contribution >= 4 is 23.2 Å². The number of carbonyl (C=O) groups excluding carboxylic acids is 2. The molecular weight excluding hydrogens is 226 g/mol. The van der Waals surface area contributed by atoms with Gasteiger partial charge < -0.3 is 0 Å². The molecule has 86 valence electrons. The average molecular weight is 239 g/mol. The maximum absolute atomic E-state index is 11.3. The van der Waals surface area contributed by atoms with E-state index < -0.39 is 6.04 Å². The van der Waals surface area contributed by atoms with Gasteiger partial charge in [0, 0.05) is 17.6 Å². The first-order valence-corrected chi connectivity index (χ1v) is 6.01. The SMILES string of the molecule is CCc1cnc(CNC2CC(=O)NC2=O)s1. The molecule has 16 heavy (non-hydrogen) atoms. The second-order valence-corrected chi connectivity index (χ2v) is 4.82.